The van der Waals surface area contributed by atoms with E-state index in [0.29, 0.717) is 28.7 Å². The fourth-order valence-electron chi connectivity index (χ4n) is 4.10. The Bertz CT molecular complexity index is 1060. The van der Waals surface area contributed by atoms with E-state index in [9.17, 15) is 9.59 Å². The highest BCUT2D eigenvalue weighted by atomic mass is 16.1. The van der Waals surface area contributed by atoms with Gasteiger partial charge in [-0.15, -0.1) is 0 Å². The number of carbonyl (C=O) groups excluding carboxylic acids is 2. The Morgan fingerprint density at radius 1 is 0.792 bits per heavy atom. The van der Waals surface area contributed by atoms with Crippen LogP contribution in [0.2, 0.25) is 0 Å². The van der Waals surface area contributed by atoms with Crippen LogP contribution in [0, 0.1) is 6.92 Å². The molecule has 0 saturated carbocycles. The molecule has 24 heavy (non-hydrogen) atoms. The van der Waals surface area contributed by atoms with E-state index in [2.05, 4.69) is 16.7 Å². The molecule has 3 heteroatoms. The quantitative estimate of drug-likeness (QED) is 0.439. The first kappa shape index (κ1) is 13.5. The first-order valence-corrected chi connectivity index (χ1v) is 8.14. The Morgan fingerprint density at radius 3 is 2.08 bits per heavy atom. The van der Waals surface area contributed by atoms with Gasteiger partial charge in [0.05, 0.1) is 11.1 Å². The van der Waals surface area contributed by atoms with Gasteiger partial charge in [0.25, 0.3) is 0 Å². The summed E-state index contributed by atoms with van der Waals surface area (Å²) < 4.78 is 2.15. The fraction of sp³-hybridized carbons (Fsp3) is 0.143. The number of aromatic nitrogens is 1. The molecule has 1 aliphatic carbocycles. The highest BCUT2D eigenvalue weighted by Gasteiger charge is 2.37. The molecular weight excluding hydrogens is 298 g/mol. The molecule has 0 saturated heterocycles. The second kappa shape index (κ2) is 4.54. The zero-order valence-electron chi connectivity index (χ0n) is 13.3. The van der Waals surface area contributed by atoms with E-state index < -0.39 is 0 Å². The average Bonchev–Trinajstić information content (AvgIpc) is 2.90. The van der Waals surface area contributed by atoms with Crippen molar-refractivity contribution < 1.29 is 9.59 Å². The lowest BCUT2D eigenvalue weighted by atomic mass is 9.83. The van der Waals surface area contributed by atoms with Crippen molar-refractivity contribution in [1.82, 2.24) is 4.57 Å². The van der Waals surface area contributed by atoms with Crippen LogP contribution >= 0.6 is 0 Å². The Balaban J connectivity index is 1.79. The van der Waals surface area contributed by atoms with Gasteiger partial charge in [0, 0.05) is 35.5 Å². The van der Waals surface area contributed by atoms with Gasteiger partial charge in [-0.2, -0.15) is 0 Å². The maximum Gasteiger partial charge on any atom is 0.196 e. The van der Waals surface area contributed by atoms with E-state index in [0.717, 1.165) is 17.9 Å². The Hall–Kier alpha value is -2.94. The average molecular weight is 313 g/mol. The molecule has 0 amide bonds. The molecule has 0 spiro atoms. The summed E-state index contributed by atoms with van der Waals surface area (Å²) in [4.78, 5) is 26.1. The second-order valence-corrected chi connectivity index (χ2v) is 6.52. The lowest BCUT2D eigenvalue weighted by molar-refractivity contribution is 0.0979. The number of fused-ring (bicyclic) bond motifs is 5. The second-order valence-electron chi connectivity index (χ2n) is 6.52. The van der Waals surface area contributed by atoms with Crippen molar-refractivity contribution in [3.63, 3.8) is 0 Å². The zero-order chi connectivity index (χ0) is 16.4. The highest BCUT2D eigenvalue weighted by molar-refractivity contribution is 6.29. The van der Waals surface area contributed by atoms with Crippen LogP contribution in [0.3, 0.4) is 0 Å². The lowest BCUT2D eigenvalue weighted by Gasteiger charge is -2.21. The van der Waals surface area contributed by atoms with Crippen molar-refractivity contribution in [3.8, 4) is 0 Å². The predicted molar refractivity (Wildman–Crippen MR) is 90.8 cm³/mol. The van der Waals surface area contributed by atoms with Crippen LogP contribution in [-0.2, 0) is 13.0 Å². The fourth-order valence-corrected chi connectivity index (χ4v) is 4.10. The van der Waals surface area contributed by atoms with E-state index >= 15 is 0 Å². The first-order valence-electron chi connectivity index (χ1n) is 8.14. The Kier molecular flexibility index (Phi) is 2.55. The largest absolute Gasteiger partial charge is 0.343 e. The predicted octanol–water partition coefficient (Wildman–Crippen LogP) is 3.52. The molecule has 5 rings (SSSR count). The molecule has 0 bridgehead atoms. The third-order valence-corrected chi connectivity index (χ3v) is 5.31. The summed E-state index contributed by atoms with van der Waals surface area (Å²) in [5, 5.41) is 0. The van der Waals surface area contributed by atoms with Gasteiger partial charge in [0.15, 0.2) is 11.6 Å². The molecular formula is C21H15NO2. The number of benzene rings is 2. The van der Waals surface area contributed by atoms with E-state index in [-0.39, 0.29) is 11.6 Å². The zero-order valence-corrected chi connectivity index (χ0v) is 13.3. The molecule has 2 aliphatic rings. The smallest absolute Gasteiger partial charge is 0.196 e. The van der Waals surface area contributed by atoms with E-state index in [1.807, 2.05) is 31.2 Å². The van der Waals surface area contributed by atoms with E-state index in [1.54, 1.807) is 12.1 Å². The molecule has 0 atom stereocenters. The summed E-state index contributed by atoms with van der Waals surface area (Å²) >= 11 is 0. The molecule has 1 aromatic heterocycles. The minimum atomic E-state index is -0.0244. The number of nitrogens with zero attached hydrogens (tertiary/aromatic N) is 1. The van der Waals surface area contributed by atoms with E-state index in [1.165, 1.54) is 11.1 Å². The van der Waals surface area contributed by atoms with Crippen LogP contribution in [0.5, 0.6) is 0 Å². The van der Waals surface area contributed by atoms with Gasteiger partial charge in [-0.25, -0.2) is 0 Å². The van der Waals surface area contributed by atoms with Crippen LogP contribution in [0.15, 0.2) is 48.5 Å². The Labute approximate surface area is 139 Å². The first-order chi connectivity index (χ1) is 11.7. The van der Waals surface area contributed by atoms with Crippen molar-refractivity contribution in [2.75, 3.05) is 0 Å². The molecule has 116 valence electrons. The molecule has 2 heterocycles. The molecule has 1 aliphatic heterocycles. The summed E-state index contributed by atoms with van der Waals surface area (Å²) in [5.41, 5.74) is 6.66. The number of ketones is 2. The Morgan fingerprint density at radius 2 is 1.38 bits per heavy atom. The van der Waals surface area contributed by atoms with E-state index in [4.69, 9.17) is 0 Å². The molecule has 0 radical (unpaired) electrons. The van der Waals surface area contributed by atoms with Crippen LogP contribution in [0.1, 0.15) is 54.4 Å². The third kappa shape index (κ3) is 1.56. The summed E-state index contributed by atoms with van der Waals surface area (Å²) in [6.07, 6.45) is 0.702. The summed E-state index contributed by atoms with van der Waals surface area (Å²) in [7, 11) is 0. The number of hydrogen-bond acceptors (Lipinski definition) is 2. The molecule has 3 aromatic rings. The van der Waals surface area contributed by atoms with Gasteiger partial charge >= 0.3 is 0 Å². The number of rotatable bonds is 0. The minimum absolute atomic E-state index is 0.0172. The maximum absolute atomic E-state index is 13.1. The van der Waals surface area contributed by atoms with Crippen molar-refractivity contribution in [1.29, 1.82) is 0 Å². The number of hydrogen-bond donors (Lipinski definition) is 0. The van der Waals surface area contributed by atoms with Gasteiger partial charge in [0.1, 0.15) is 0 Å². The summed E-state index contributed by atoms with van der Waals surface area (Å²) in [6, 6.07) is 15.4. The molecule has 2 aromatic carbocycles. The normalized spacial score (nSPS) is 14.7. The monoisotopic (exact) mass is 313 g/mol. The van der Waals surface area contributed by atoms with Crippen LogP contribution in [0.4, 0.5) is 0 Å². The topological polar surface area (TPSA) is 39.1 Å². The van der Waals surface area contributed by atoms with Gasteiger partial charge < -0.3 is 4.57 Å². The molecule has 0 fully saturated rings. The van der Waals surface area contributed by atoms with Crippen LogP contribution < -0.4 is 0 Å². The number of carbonyl (C=O) groups is 2. The highest BCUT2D eigenvalue weighted by Crippen LogP contribution is 2.37. The van der Waals surface area contributed by atoms with Crippen LogP contribution in [-0.4, -0.2) is 16.1 Å². The molecule has 0 N–H and O–H groups in total. The van der Waals surface area contributed by atoms with Gasteiger partial charge in [-0.1, -0.05) is 48.5 Å². The van der Waals surface area contributed by atoms with Gasteiger partial charge in [-0.3, -0.25) is 9.59 Å². The standard InChI is InChI=1S/C21H15NO2/c1-12-18-19(21(24)16-9-5-4-8-15(16)20(18)23)17-10-13-6-2-3-7-14(13)11-22(12)17/h2-9H,10-11H2,1H3. The van der Waals surface area contributed by atoms with Gasteiger partial charge in [0.2, 0.25) is 0 Å². The lowest BCUT2D eigenvalue weighted by Crippen LogP contribution is -2.21. The molecule has 0 unspecified atom stereocenters. The SMILES string of the molecule is Cc1c2c(c3n1Cc1ccccc1C3)C(=O)c1ccccc1C2=O. The van der Waals surface area contributed by atoms with Crippen molar-refractivity contribution >= 4 is 11.6 Å². The third-order valence-electron chi connectivity index (χ3n) is 5.31. The van der Waals surface area contributed by atoms with Crippen molar-refractivity contribution in [2.24, 2.45) is 0 Å². The van der Waals surface area contributed by atoms with Crippen molar-refractivity contribution in [3.05, 3.63) is 93.3 Å². The molecule has 3 nitrogen and oxygen atoms in total. The maximum atomic E-state index is 13.1. The summed E-state index contributed by atoms with van der Waals surface area (Å²) in [6.45, 7) is 2.68. The minimum Gasteiger partial charge on any atom is -0.343 e. The summed E-state index contributed by atoms with van der Waals surface area (Å²) in [5.74, 6) is -0.0416. The van der Waals surface area contributed by atoms with Gasteiger partial charge in [-0.05, 0) is 18.1 Å². The van der Waals surface area contributed by atoms with Crippen LogP contribution in [0.25, 0.3) is 0 Å². The van der Waals surface area contributed by atoms with Crippen molar-refractivity contribution in [2.45, 2.75) is 19.9 Å².